The van der Waals surface area contributed by atoms with Gasteiger partial charge in [0.15, 0.2) is 11.6 Å². The van der Waals surface area contributed by atoms with Crippen LogP contribution in [-0.2, 0) is 6.54 Å². The summed E-state index contributed by atoms with van der Waals surface area (Å²) in [5, 5.41) is 4.11. The van der Waals surface area contributed by atoms with Crippen LogP contribution in [0, 0.1) is 11.6 Å². The second-order valence-electron chi connectivity index (χ2n) is 6.49. The molecule has 148 valence electrons. The van der Waals surface area contributed by atoms with E-state index < -0.39 is 17.5 Å². The first-order valence-corrected chi connectivity index (χ1v) is 9.02. The van der Waals surface area contributed by atoms with Crippen molar-refractivity contribution in [3.8, 4) is 0 Å². The predicted octanol–water partition coefficient (Wildman–Crippen LogP) is 1.53. The first-order valence-electron chi connectivity index (χ1n) is 9.02. The number of carbonyl (C=O) groups excluding carboxylic acids is 2. The number of carbonyl (C=O) groups is 2. The molecule has 2 amide bonds. The van der Waals surface area contributed by atoms with Gasteiger partial charge in [-0.2, -0.15) is 5.10 Å². The number of amides is 2. The number of benzene rings is 1. The summed E-state index contributed by atoms with van der Waals surface area (Å²) in [6.07, 6.45) is 0.718. The van der Waals surface area contributed by atoms with Crippen LogP contribution in [0.25, 0.3) is 0 Å². The molecule has 2 heterocycles. The second kappa shape index (κ2) is 8.28. The number of hydrogen-bond donors (Lipinski definition) is 0. The number of halogens is 2. The van der Waals surface area contributed by atoms with Gasteiger partial charge in [-0.15, -0.1) is 0 Å². The Balaban J connectivity index is 1.65. The van der Waals surface area contributed by atoms with Crippen molar-refractivity contribution in [1.29, 1.82) is 0 Å². The van der Waals surface area contributed by atoms with Gasteiger partial charge in [0.05, 0.1) is 0 Å². The third kappa shape index (κ3) is 4.08. The van der Waals surface area contributed by atoms with Crippen molar-refractivity contribution in [1.82, 2.24) is 19.6 Å². The highest BCUT2D eigenvalue weighted by Crippen LogP contribution is 2.14. The van der Waals surface area contributed by atoms with E-state index in [4.69, 9.17) is 0 Å². The highest BCUT2D eigenvalue weighted by Gasteiger charge is 2.26. The molecule has 7 nitrogen and oxygen atoms in total. The first-order chi connectivity index (χ1) is 13.4. The van der Waals surface area contributed by atoms with Crippen molar-refractivity contribution >= 4 is 11.8 Å². The summed E-state index contributed by atoms with van der Waals surface area (Å²) in [5.41, 5.74) is -0.0271. The minimum absolute atomic E-state index is 0.0620. The molecule has 1 aromatic heterocycles. The molecule has 0 N–H and O–H groups in total. The summed E-state index contributed by atoms with van der Waals surface area (Å²) in [4.78, 5) is 39.9. The van der Waals surface area contributed by atoms with Crippen molar-refractivity contribution in [2.45, 2.75) is 19.9 Å². The number of aromatic nitrogens is 2. The lowest BCUT2D eigenvalue weighted by Crippen LogP contribution is -2.51. The minimum Gasteiger partial charge on any atom is -0.335 e. The summed E-state index contributed by atoms with van der Waals surface area (Å²) < 4.78 is 27.6. The molecule has 0 spiro atoms. The average molecular weight is 390 g/mol. The Bertz CT molecular complexity index is 952. The highest BCUT2D eigenvalue weighted by atomic mass is 19.2. The van der Waals surface area contributed by atoms with E-state index in [2.05, 4.69) is 5.10 Å². The Morgan fingerprint density at radius 3 is 2.21 bits per heavy atom. The maximum Gasteiger partial charge on any atom is 0.274 e. The average Bonchev–Trinajstić information content (AvgIpc) is 2.71. The fourth-order valence-electron chi connectivity index (χ4n) is 3.02. The number of piperazine rings is 1. The zero-order valence-corrected chi connectivity index (χ0v) is 15.4. The molecule has 1 saturated heterocycles. The fourth-order valence-corrected chi connectivity index (χ4v) is 3.02. The van der Waals surface area contributed by atoms with Crippen LogP contribution in [0.1, 0.15) is 34.2 Å². The molecule has 28 heavy (non-hydrogen) atoms. The van der Waals surface area contributed by atoms with Crippen LogP contribution in [0.15, 0.2) is 35.1 Å². The van der Waals surface area contributed by atoms with Gasteiger partial charge in [0.2, 0.25) is 0 Å². The maximum atomic E-state index is 13.3. The zero-order chi connectivity index (χ0) is 20.3. The van der Waals surface area contributed by atoms with E-state index in [0.29, 0.717) is 6.54 Å². The van der Waals surface area contributed by atoms with Gasteiger partial charge in [0, 0.05) is 44.4 Å². The molecule has 1 fully saturated rings. The quantitative estimate of drug-likeness (QED) is 0.794. The van der Waals surface area contributed by atoms with Gasteiger partial charge in [0.1, 0.15) is 5.69 Å². The summed E-state index contributed by atoms with van der Waals surface area (Å²) in [7, 11) is 0. The van der Waals surface area contributed by atoms with Crippen molar-refractivity contribution < 1.29 is 18.4 Å². The Kier molecular flexibility index (Phi) is 5.81. The maximum absolute atomic E-state index is 13.3. The number of hydrogen-bond acceptors (Lipinski definition) is 4. The Morgan fingerprint density at radius 1 is 0.964 bits per heavy atom. The molecule has 3 rings (SSSR count). The summed E-state index contributed by atoms with van der Waals surface area (Å²) in [5.74, 6) is -2.82. The Hall–Kier alpha value is -3.10. The van der Waals surface area contributed by atoms with Crippen molar-refractivity contribution in [2.24, 2.45) is 0 Å². The number of rotatable bonds is 4. The van der Waals surface area contributed by atoms with Gasteiger partial charge in [0.25, 0.3) is 17.4 Å². The van der Waals surface area contributed by atoms with Gasteiger partial charge < -0.3 is 9.80 Å². The molecule has 0 radical (unpaired) electrons. The summed E-state index contributed by atoms with van der Waals surface area (Å²) >= 11 is 0. The fraction of sp³-hybridized carbons (Fsp3) is 0.368. The van der Waals surface area contributed by atoms with Gasteiger partial charge in [-0.05, 0) is 30.7 Å². The third-order valence-corrected chi connectivity index (χ3v) is 4.54. The highest BCUT2D eigenvalue weighted by molar-refractivity contribution is 5.95. The van der Waals surface area contributed by atoms with Crippen molar-refractivity contribution in [3.63, 3.8) is 0 Å². The molecule has 0 atom stereocenters. The van der Waals surface area contributed by atoms with Crippen LogP contribution < -0.4 is 5.56 Å². The van der Waals surface area contributed by atoms with Gasteiger partial charge >= 0.3 is 0 Å². The summed E-state index contributed by atoms with van der Waals surface area (Å²) in [6, 6.07) is 5.74. The molecule has 1 aromatic carbocycles. The van der Waals surface area contributed by atoms with Gasteiger partial charge in [-0.3, -0.25) is 14.4 Å². The van der Waals surface area contributed by atoms with E-state index in [9.17, 15) is 23.2 Å². The Morgan fingerprint density at radius 2 is 1.61 bits per heavy atom. The van der Waals surface area contributed by atoms with E-state index in [1.807, 2.05) is 6.92 Å². The molecule has 1 aliphatic rings. The molecule has 0 saturated carbocycles. The lowest BCUT2D eigenvalue weighted by molar-refractivity contribution is 0.0530. The van der Waals surface area contributed by atoms with Crippen LogP contribution in [0.4, 0.5) is 8.78 Å². The smallest absolute Gasteiger partial charge is 0.274 e. The molecule has 9 heteroatoms. The van der Waals surface area contributed by atoms with E-state index in [0.717, 1.165) is 18.6 Å². The molecule has 0 bridgehead atoms. The number of nitrogens with zero attached hydrogens (tertiary/aromatic N) is 4. The Labute approximate surface area is 160 Å². The molecule has 1 aliphatic heterocycles. The molecular weight excluding hydrogens is 370 g/mol. The normalized spacial score (nSPS) is 14.2. The predicted molar refractivity (Wildman–Crippen MR) is 97.0 cm³/mol. The lowest BCUT2D eigenvalue weighted by Gasteiger charge is -2.34. The SMILES string of the molecule is CCCn1nc(C(=O)N2CCN(C(=O)c3ccc(F)c(F)c3)CC2)ccc1=O. The van der Waals surface area contributed by atoms with E-state index >= 15 is 0 Å². The summed E-state index contributed by atoms with van der Waals surface area (Å²) in [6.45, 7) is 3.42. The molecule has 0 unspecified atom stereocenters. The zero-order valence-electron chi connectivity index (χ0n) is 15.4. The lowest BCUT2D eigenvalue weighted by atomic mass is 10.1. The first kappa shape index (κ1) is 19.7. The molecule has 0 aliphatic carbocycles. The van der Waals surface area contributed by atoms with Crippen LogP contribution in [0.5, 0.6) is 0 Å². The van der Waals surface area contributed by atoms with Gasteiger partial charge in [-0.1, -0.05) is 6.92 Å². The monoisotopic (exact) mass is 390 g/mol. The minimum atomic E-state index is -1.08. The van der Waals surface area contributed by atoms with E-state index in [1.165, 1.54) is 27.8 Å². The van der Waals surface area contributed by atoms with Crippen LogP contribution in [0.2, 0.25) is 0 Å². The van der Waals surface area contributed by atoms with Gasteiger partial charge in [-0.25, -0.2) is 13.5 Å². The largest absolute Gasteiger partial charge is 0.335 e. The third-order valence-electron chi connectivity index (χ3n) is 4.54. The molecular formula is C19H20F2N4O3. The number of aryl methyl sites for hydroxylation is 1. The van der Waals surface area contributed by atoms with E-state index in [1.54, 1.807) is 4.90 Å². The second-order valence-corrected chi connectivity index (χ2v) is 6.49. The van der Waals surface area contributed by atoms with Crippen molar-refractivity contribution in [2.75, 3.05) is 26.2 Å². The van der Waals surface area contributed by atoms with Crippen molar-refractivity contribution in [3.05, 3.63) is 63.6 Å². The standard InChI is InChI=1S/C19H20F2N4O3/c1-2-7-25-17(26)6-5-16(22-25)19(28)24-10-8-23(9-11-24)18(27)13-3-4-14(20)15(21)12-13/h3-6,12H,2,7-11H2,1H3. The van der Waals surface area contributed by atoms with Crippen LogP contribution in [-0.4, -0.2) is 57.6 Å². The topological polar surface area (TPSA) is 75.5 Å². The van der Waals surface area contributed by atoms with E-state index in [-0.39, 0.29) is 48.9 Å². The van der Waals surface area contributed by atoms with Crippen LogP contribution in [0.3, 0.4) is 0 Å². The molecule has 2 aromatic rings. The van der Waals surface area contributed by atoms with Crippen LogP contribution >= 0.6 is 0 Å².